The zero-order chi connectivity index (χ0) is 12.1. The fraction of sp³-hybridized carbons (Fsp3) is 0.357. The summed E-state index contributed by atoms with van der Waals surface area (Å²) in [6.07, 6.45) is 1.19. The molecule has 0 radical (unpaired) electrons. The van der Waals surface area contributed by atoms with Crippen LogP contribution >= 0.6 is 11.3 Å². The minimum absolute atomic E-state index is 0.641. The summed E-state index contributed by atoms with van der Waals surface area (Å²) in [6.45, 7) is 5.28. The van der Waals surface area contributed by atoms with E-state index in [-0.39, 0.29) is 0 Å². The first-order chi connectivity index (χ1) is 8.29. The van der Waals surface area contributed by atoms with E-state index in [4.69, 9.17) is 0 Å². The quantitative estimate of drug-likeness (QED) is 0.852. The van der Waals surface area contributed by atoms with Crippen LogP contribution in [0.3, 0.4) is 0 Å². The number of hydrogen-bond donors (Lipinski definition) is 1. The molecule has 0 saturated heterocycles. The third-order valence-electron chi connectivity index (χ3n) is 3.05. The van der Waals surface area contributed by atoms with Gasteiger partial charge in [-0.2, -0.15) is 0 Å². The van der Waals surface area contributed by atoms with Crippen molar-refractivity contribution >= 4 is 17.0 Å². The minimum atomic E-state index is 0.641. The molecule has 0 spiro atoms. The van der Waals surface area contributed by atoms with Gasteiger partial charge < -0.3 is 5.32 Å². The standard InChI is InChI=1S/C14H18N2S/c1-3-11(2)12-4-6-13(7-5-12)15-8-14-9-17-10-16-14/h4-7,9-11,15H,3,8H2,1-2H3. The Kier molecular flexibility index (Phi) is 4.15. The maximum absolute atomic E-state index is 4.25. The highest BCUT2D eigenvalue weighted by Crippen LogP contribution is 2.20. The van der Waals surface area contributed by atoms with Crippen LogP contribution in [-0.4, -0.2) is 4.98 Å². The second kappa shape index (κ2) is 5.82. The van der Waals surface area contributed by atoms with E-state index in [0.29, 0.717) is 5.92 Å². The van der Waals surface area contributed by atoms with Crippen molar-refractivity contribution < 1.29 is 0 Å². The van der Waals surface area contributed by atoms with Crippen molar-refractivity contribution in [2.24, 2.45) is 0 Å². The number of thiazole rings is 1. The molecule has 2 rings (SSSR count). The number of rotatable bonds is 5. The van der Waals surface area contributed by atoms with Crippen LogP contribution in [0.2, 0.25) is 0 Å². The minimum Gasteiger partial charge on any atom is -0.379 e. The Labute approximate surface area is 107 Å². The molecule has 1 aromatic carbocycles. The molecule has 2 nitrogen and oxygen atoms in total. The highest BCUT2D eigenvalue weighted by molar-refractivity contribution is 7.07. The molecule has 0 aliphatic carbocycles. The molecule has 1 aromatic heterocycles. The van der Waals surface area contributed by atoms with Crippen LogP contribution in [0.4, 0.5) is 5.69 Å². The van der Waals surface area contributed by atoms with Gasteiger partial charge >= 0.3 is 0 Å². The van der Waals surface area contributed by atoms with Crippen molar-refractivity contribution in [1.29, 1.82) is 0 Å². The Morgan fingerprint density at radius 2 is 2.06 bits per heavy atom. The number of benzene rings is 1. The number of nitrogens with zero attached hydrogens (tertiary/aromatic N) is 1. The molecule has 1 atom stereocenters. The average Bonchev–Trinajstić information content (AvgIpc) is 2.89. The van der Waals surface area contributed by atoms with Crippen LogP contribution in [-0.2, 0) is 6.54 Å². The van der Waals surface area contributed by atoms with Gasteiger partial charge in [0, 0.05) is 11.1 Å². The number of anilines is 1. The molecule has 3 heteroatoms. The Morgan fingerprint density at radius 3 is 2.65 bits per heavy atom. The zero-order valence-corrected chi connectivity index (χ0v) is 11.1. The van der Waals surface area contributed by atoms with Gasteiger partial charge in [0.05, 0.1) is 17.7 Å². The lowest BCUT2D eigenvalue weighted by Gasteiger charge is -2.10. The number of hydrogen-bond acceptors (Lipinski definition) is 3. The van der Waals surface area contributed by atoms with Crippen molar-refractivity contribution in [3.63, 3.8) is 0 Å². The van der Waals surface area contributed by atoms with E-state index in [2.05, 4.69) is 53.8 Å². The van der Waals surface area contributed by atoms with Gasteiger partial charge in [-0.3, -0.25) is 0 Å². The molecule has 1 unspecified atom stereocenters. The Balaban J connectivity index is 1.94. The lowest BCUT2D eigenvalue weighted by atomic mass is 9.99. The van der Waals surface area contributed by atoms with Crippen LogP contribution in [0.15, 0.2) is 35.2 Å². The van der Waals surface area contributed by atoms with E-state index in [1.165, 1.54) is 12.0 Å². The van der Waals surface area contributed by atoms with E-state index < -0.39 is 0 Å². The monoisotopic (exact) mass is 246 g/mol. The molecule has 0 bridgehead atoms. The number of aromatic nitrogens is 1. The van der Waals surface area contributed by atoms with Crippen LogP contribution in [0.25, 0.3) is 0 Å². The third kappa shape index (κ3) is 3.30. The largest absolute Gasteiger partial charge is 0.379 e. The molecule has 1 N–H and O–H groups in total. The van der Waals surface area contributed by atoms with Gasteiger partial charge in [0.15, 0.2) is 0 Å². The molecule has 0 amide bonds. The summed E-state index contributed by atoms with van der Waals surface area (Å²) in [4.78, 5) is 4.25. The molecule has 17 heavy (non-hydrogen) atoms. The fourth-order valence-corrected chi connectivity index (χ4v) is 2.24. The van der Waals surface area contributed by atoms with Gasteiger partial charge in [-0.25, -0.2) is 4.98 Å². The fourth-order valence-electron chi connectivity index (χ4n) is 1.68. The summed E-state index contributed by atoms with van der Waals surface area (Å²) < 4.78 is 0. The van der Waals surface area contributed by atoms with E-state index in [0.717, 1.165) is 17.9 Å². The first-order valence-corrected chi connectivity index (χ1v) is 6.94. The van der Waals surface area contributed by atoms with E-state index >= 15 is 0 Å². The normalized spacial score (nSPS) is 12.4. The van der Waals surface area contributed by atoms with Crippen molar-refractivity contribution in [1.82, 2.24) is 4.98 Å². The summed E-state index contributed by atoms with van der Waals surface area (Å²) in [6, 6.07) is 8.71. The second-order valence-corrected chi connectivity index (χ2v) is 4.98. The summed E-state index contributed by atoms with van der Waals surface area (Å²) in [5.41, 5.74) is 5.53. The predicted molar refractivity (Wildman–Crippen MR) is 74.6 cm³/mol. The van der Waals surface area contributed by atoms with Gasteiger partial charge in [-0.1, -0.05) is 26.0 Å². The van der Waals surface area contributed by atoms with Crippen molar-refractivity contribution in [3.8, 4) is 0 Å². The maximum atomic E-state index is 4.25. The van der Waals surface area contributed by atoms with E-state index in [1.54, 1.807) is 11.3 Å². The second-order valence-electron chi connectivity index (χ2n) is 4.26. The lowest BCUT2D eigenvalue weighted by Crippen LogP contribution is -1.99. The van der Waals surface area contributed by atoms with Gasteiger partial charge in [-0.15, -0.1) is 11.3 Å². The molecule has 2 aromatic rings. The van der Waals surface area contributed by atoms with Gasteiger partial charge in [-0.05, 0) is 30.0 Å². The Hall–Kier alpha value is -1.35. The highest BCUT2D eigenvalue weighted by atomic mass is 32.1. The third-order valence-corrected chi connectivity index (χ3v) is 3.68. The van der Waals surface area contributed by atoms with Crippen LogP contribution < -0.4 is 5.32 Å². The van der Waals surface area contributed by atoms with E-state index in [9.17, 15) is 0 Å². The predicted octanol–water partition coefficient (Wildman–Crippen LogP) is 4.27. The summed E-state index contributed by atoms with van der Waals surface area (Å²) in [5, 5.41) is 5.45. The van der Waals surface area contributed by atoms with Gasteiger partial charge in [0.25, 0.3) is 0 Å². The first-order valence-electron chi connectivity index (χ1n) is 6.00. The molecule has 0 aliphatic rings. The zero-order valence-electron chi connectivity index (χ0n) is 10.3. The topological polar surface area (TPSA) is 24.9 Å². The molecular formula is C14H18N2S. The first kappa shape index (κ1) is 12.1. The van der Waals surface area contributed by atoms with Crippen LogP contribution in [0.1, 0.15) is 37.4 Å². The molecule has 0 aliphatic heterocycles. The van der Waals surface area contributed by atoms with Crippen molar-refractivity contribution in [3.05, 3.63) is 46.4 Å². The average molecular weight is 246 g/mol. The summed E-state index contributed by atoms with van der Waals surface area (Å²) in [7, 11) is 0. The smallest absolute Gasteiger partial charge is 0.0795 e. The van der Waals surface area contributed by atoms with Crippen molar-refractivity contribution in [2.75, 3.05) is 5.32 Å². The van der Waals surface area contributed by atoms with Gasteiger partial charge in [0.2, 0.25) is 0 Å². The van der Waals surface area contributed by atoms with Gasteiger partial charge in [0.1, 0.15) is 0 Å². The molecular weight excluding hydrogens is 228 g/mol. The maximum Gasteiger partial charge on any atom is 0.0795 e. The SMILES string of the molecule is CCC(C)c1ccc(NCc2cscn2)cc1. The van der Waals surface area contributed by atoms with Crippen molar-refractivity contribution in [2.45, 2.75) is 32.7 Å². The highest BCUT2D eigenvalue weighted by Gasteiger charge is 2.02. The molecule has 1 heterocycles. The van der Waals surface area contributed by atoms with Crippen LogP contribution in [0, 0.1) is 0 Å². The molecule has 90 valence electrons. The Bertz CT molecular complexity index is 434. The molecule has 0 fully saturated rings. The Morgan fingerprint density at radius 1 is 1.29 bits per heavy atom. The summed E-state index contributed by atoms with van der Waals surface area (Å²) in [5.74, 6) is 0.641. The van der Waals surface area contributed by atoms with E-state index in [1.807, 2.05) is 5.51 Å². The number of nitrogens with one attached hydrogen (secondary N) is 1. The lowest BCUT2D eigenvalue weighted by molar-refractivity contribution is 0.734. The van der Waals surface area contributed by atoms with Crippen LogP contribution in [0.5, 0.6) is 0 Å². The molecule has 0 saturated carbocycles. The summed E-state index contributed by atoms with van der Waals surface area (Å²) >= 11 is 1.63.